The first-order chi connectivity index (χ1) is 14.4. The number of hydrogen-bond acceptors (Lipinski definition) is 1. The van der Waals surface area contributed by atoms with Crippen molar-refractivity contribution >= 4 is 23.1 Å². The smallest absolute Gasteiger partial charge is 0.143 e. The number of rotatable bonds is 4. The minimum atomic E-state index is 0.901. The normalized spacial score (nSPS) is 11.3. The molecule has 138 valence electrons. The van der Waals surface area contributed by atoms with Gasteiger partial charge in [0, 0.05) is 16.5 Å². The van der Waals surface area contributed by atoms with Gasteiger partial charge < -0.3 is 4.42 Å². The van der Waals surface area contributed by atoms with Gasteiger partial charge in [-0.1, -0.05) is 109 Å². The Morgan fingerprint density at radius 2 is 1.10 bits per heavy atom. The molecule has 0 N–H and O–H groups in total. The van der Waals surface area contributed by atoms with E-state index in [1.165, 1.54) is 5.56 Å². The maximum absolute atomic E-state index is 6.40. The van der Waals surface area contributed by atoms with Crippen molar-refractivity contribution in [1.29, 1.82) is 0 Å². The average molecular weight is 372 g/mol. The molecule has 1 aromatic heterocycles. The minimum Gasteiger partial charge on any atom is -0.455 e. The highest BCUT2D eigenvalue weighted by atomic mass is 16.3. The van der Waals surface area contributed by atoms with Crippen LogP contribution in [0.15, 0.2) is 114 Å². The molecule has 5 rings (SSSR count). The molecule has 1 nitrogen and oxygen atoms in total. The summed E-state index contributed by atoms with van der Waals surface area (Å²) in [4.78, 5) is 0. The fourth-order valence-corrected chi connectivity index (χ4v) is 3.66. The molecule has 0 saturated carbocycles. The minimum absolute atomic E-state index is 0.901. The number of benzene rings is 4. The molecule has 0 amide bonds. The van der Waals surface area contributed by atoms with Crippen molar-refractivity contribution in [1.82, 2.24) is 0 Å². The van der Waals surface area contributed by atoms with Crippen LogP contribution < -0.4 is 0 Å². The third kappa shape index (κ3) is 3.51. The zero-order valence-electron chi connectivity index (χ0n) is 16.0. The molecule has 1 heterocycles. The van der Waals surface area contributed by atoms with Gasteiger partial charge >= 0.3 is 0 Å². The van der Waals surface area contributed by atoms with E-state index in [1.54, 1.807) is 0 Å². The number of fused-ring (bicyclic) bond motifs is 1. The van der Waals surface area contributed by atoms with E-state index < -0.39 is 0 Å². The van der Waals surface area contributed by atoms with Gasteiger partial charge in [-0.05, 0) is 28.8 Å². The van der Waals surface area contributed by atoms with Crippen LogP contribution in [0.3, 0.4) is 0 Å². The lowest BCUT2D eigenvalue weighted by Crippen LogP contribution is -1.80. The molecule has 0 aliphatic carbocycles. The van der Waals surface area contributed by atoms with E-state index in [0.717, 1.165) is 39.0 Å². The van der Waals surface area contributed by atoms with E-state index in [0.29, 0.717) is 0 Å². The molecule has 0 aliphatic rings. The molecule has 4 aromatic carbocycles. The van der Waals surface area contributed by atoms with Gasteiger partial charge in [-0.3, -0.25) is 0 Å². The highest BCUT2D eigenvalue weighted by Gasteiger charge is 2.17. The molecular formula is C28H20O. The van der Waals surface area contributed by atoms with Crippen molar-refractivity contribution < 1.29 is 4.42 Å². The summed E-state index contributed by atoms with van der Waals surface area (Å²) in [6, 6.07) is 37.5. The second-order valence-corrected chi connectivity index (χ2v) is 7.04. The summed E-state index contributed by atoms with van der Waals surface area (Å²) >= 11 is 0. The maximum atomic E-state index is 6.40. The quantitative estimate of drug-likeness (QED) is 0.292. The summed E-state index contributed by atoms with van der Waals surface area (Å²) in [5.41, 5.74) is 6.60. The first-order valence-electron chi connectivity index (χ1n) is 9.79. The molecule has 0 spiro atoms. The fourth-order valence-electron chi connectivity index (χ4n) is 3.66. The van der Waals surface area contributed by atoms with Crippen LogP contribution in [-0.2, 0) is 0 Å². The molecule has 5 aromatic rings. The van der Waals surface area contributed by atoms with Gasteiger partial charge in [0.25, 0.3) is 0 Å². The molecule has 29 heavy (non-hydrogen) atoms. The van der Waals surface area contributed by atoms with E-state index in [9.17, 15) is 0 Å². The van der Waals surface area contributed by atoms with Gasteiger partial charge in [0.2, 0.25) is 0 Å². The Morgan fingerprint density at radius 3 is 1.79 bits per heavy atom. The van der Waals surface area contributed by atoms with E-state index in [2.05, 4.69) is 78.9 Å². The van der Waals surface area contributed by atoms with Crippen LogP contribution in [0.25, 0.3) is 45.6 Å². The van der Waals surface area contributed by atoms with Crippen molar-refractivity contribution in [3.63, 3.8) is 0 Å². The highest BCUT2D eigenvalue weighted by Crippen LogP contribution is 2.41. The molecule has 0 radical (unpaired) electrons. The fraction of sp³-hybridized carbons (Fsp3) is 0. The Kier molecular flexibility index (Phi) is 4.56. The average Bonchev–Trinajstić information content (AvgIpc) is 3.18. The third-order valence-electron chi connectivity index (χ3n) is 5.08. The molecule has 0 atom stereocenters. The molecule has 0 unspecified atom stereocenters. The summed E-state index contributed by atoms with van der Waals surface area (Å²) in [6.07, 6.45) is 4.25. The first kappa shape index (κ1) is 17.3. The van der Waals surface area contributed by atoms with E-state index in [4.69, 9.17) is 4.42 Å². The molecular weight excluding hydrogens is 352 g/mol. The van der Waals surface area contributed by atoms with Crippen LogP contribution in [0.2, 0.25) is 0 Å². The number of furan rings is 1. The highest BCUT2D eigenvalue weighted by molar-refractivity contribution is 6.02. The standard InChI is InChI=1S/C28H20O/c1-4-10-21(11-5-1)16-17-22-18-19-25-26(20-22)29-28(24-14-8-3-9-15-24)27(25)23-12-6-2-7-13-23/h1-20H. The predicted octanol–water partition coefficient (Wildman–Crippen LogP) is 7.94. The lowest BCUT2D eigenvalue weighted by Gasteiger charge is -2.03. The van der Waals surface area contributed by atoms with Gasteiger partial charge in [0.1, 0.15) is 11.3 Å². The van der Waals surface area contributed by atoms with E-state index in [1.807, 2.05) is 42.5 Å². The predicted molar refractivity (Wildman–Crippen MR) is 122 cm³/mol. The van der Waals surface area contributed by atoms with Gasteiger partial charge in [-0.15, -0.1) is 0 Å². The molecule has 0 fully saturated rings. The molecule has 0 aliphatic heterocycles. The zero-order chi connectivity index (χ0) is 19.5. The van der Waals surface area contributed by atoms with Crippen LogP contribution in [0.5, 0.6) is 0 Å². The Morgan fingerprint density at radius 1 is 0.517 bits per heavy atom. The monoisotopic (exact) mass is 372 g/mol. The van der Waals surface area contributed by atoms with Crippen LogP contribution in [0.4, 0.5) is 0 Å². The summed E-state index contributed by atoms with van der Waals surface area (Å²) in [7, 11) is 0. The topological polar surface area (TPSA) is 13.1 Å². The molecule has 1 heteroatoms. The Bertz CT molecular complexity index is 1260. The van der Waals surface area contributed by atoms with Gasteiger partial charge in [-0.2, -0.15) is 0 Å². The van der Waals surface area contributed by atoms with E-state index in [-0.39, 0.29) is 0 Å². The van der Waals surface area contributed by atoms with Crippen LogP contribution in [0.1, 0.15) is 11.1 Å². The first-order valence-corrected chi connectivity index (χ1v) is 9.79. The van der Waals surface area contributed by atoms with Crippen LogP contribution in [0, 0.1) is 0 Å². The van der Waals surface area contributed by atoms with E-state index >= 15 is 0 Å². The van der Waals surface area contributed by atoms with Crippen molar-refractivity contribution in [3.8, 4) is 22.5 Å². The zero-order valence-corrected chi connectivity index (χ0v) is 16.0. The SMILES string of the molecule is C(=Cc1ccc2c(-c3ccccc3)c(-c3ccccc3)oc2c1)c1ccccc1. The second kappa shape index (κ2) is 7.65. The maximum Gasteiger partial charge on any atom is 0.143 e. The Hall–Kier alpha value is -3.84. The third-order valence-corrected chi connectivity index (χ3v) is 5.08. The van der Waals surface area contributed by atoms with Crippen molar-refractivity contribution in [2.45, 2.75) is 0 Å². The Balaban J connectivity index is 1.65. The van der Waals surface area contributed by atoms with Gasteiger partial charge in [0.05, 0.1) is 0 Å². The molecule has 0 bridgehead atoms. The number of hydrogen-bond donors (Lipinski definition) is 0. The van der Waals surface area contributed by atoms with Crippen molar-refractivity contribution in [2.24, 2.45) is 0 Å². The van der Waals surface area contributed by atoms with Crippen LogP contribution in [-0.4, -0.2) is 0 Å². The lowest BCUT2D eigenvalue weighted by molar-refractivity contribution is 0.632. The summed E-state index contributed by atoms with van der Waals surface area (Å²) in [5, 5.41) is 1.13. The Labute approximate surface area is 170 Å². The van der Waals surface area contributed by atoms with Crippen molar-refractivity contribution in [3.05, 3.63) is 120 Å². The largest absolute Gasteiger partial charge is 0.455 e. The molecule has 0 saturated heterocycles. The lowest BCUT2D eigenvalue weighted by atomic mass is 9.98. The second-order valence-electron chi connectivity index (χ2n) is 7.04. The summed E-state index contributed by atoms with van der Waals surface area (Å²) < 4.78 is 6.40. The van der Waals surface area contributed by atoms with Gasteiger partial charge in [-0.25, -0.2) is 0 Å². The van der Waals surface area contributed by atoms with Crippen LogP contribution >= 0.6 is 0 Å². The summed E-state index contributed by atoms with van der Waals surface area (Å²) in [5.74, 6) is 0.913. The summed E-state index contributed by atoms with van der Waals surface area (Å²) in [6.45, 7) is 0. The van der Waals surface area contributed by atoms with Gasteiger partial charge in [0.15, 0.2) is 0 Å². The van der Waals surface area contributed by atoms with Crippen molar-refractivity contribution in [2.75, 3.05) is 0 Å².